The number of hydrogen-bond acceptors (Lipinski definition) is 4. The Hall–Kier alpha value is -2.99. The standard InChI is InChI=1S/C20H17FN2O3/c21-14-5-3-6-15(10-14)26-19-12-23(11-18(19)24)20(25)17-9-8-13-4-1-2-7-16(13)22-17/h1-10,18-19,24H,11-12H2/t18-,19-/m1/s1. The topological polar surface area (TPSA) is 62.7 Å². The van der Waals surface area contributed by atoms with Gasteiger partial charge in [-0.3, -0.25) is 4.79 Å². The Morgan fingerprint density at radius 3 is 2.81 bits per heavy atom. The van der Waals surface area contributed by atoms with Crippen LogP contribution in [0.3, 0.4) is 0 Å². The number of pyridine rings is 1. The zero-order valence-corrected chi connectivity index (χ0v) is 13.9. The Balaban J connectivity index is 1.50. The maximum atomic E-state index is 13.3. The van der Waals surface area contributed by atoms with Crippen molar-refractivity contribution in [1.82, 2.24) is 9.88 Å². The molecule has 2 heterocycles. The van der Waals surface area contributed by atoms with E-state index in [4.69, 9.17) is 4.74 Å². The van der Waals surface area contributed by atoms with Gasteiger partial charge < -0.3 is 14.7 Å². The van der Waals surface area contributed by atoms with Gasteiger partial charge in [-0.25, -0.2) is 9.37 Å². The number of ether oxygens (including phenoxy) is 1. The van der Waals surface area contributed by atoms with E-state index in [0.29, 0.717) is 11.4 Å². The predicted octanol–water partition coefficient (Wildman–Crippen LogP) is 2.64. The third kappa shape index (κ3) is 3.23. The number of rotatable bonds is 3. The predicted molar refractivity (Wildman–Crippen MR) is 94.5 cm³/mol. The number of benzene rings is 2. The summed E-state index contributed by atoms with van der Waals surface area (Å²) in [7, 11) is 0. The number of fused-ring (bicyclic) bond motifs is 1. The van der Waals surface area contributed by atoms with E-state index in [-0.39, 0.29) is 19.0 Å². The number of carbonyl (C=O) groups is 1. The van der Waals surface area contributed by atoms with Gasteiger partial charge in [-0.05, 0) is 24.3 Å². The largest absolute Gasteiger partial charge is 0.486 e. The molecule has 5 nitrogen and oxygen atoms in total. The highest BCUT2D eigenvalue weighted by molar-refractivity contribution is 5.95. The number of aliphatic hydroxyl groups is 1. The fraction of sp³-hybridized carbons (Fsp3) is 0.200. The van der Waals surface area contributed by atoms with Crippen LogP contribution in [-0.2, 0) is 0 Å². The van der Waals surface area contributed by atoms with E-state index < -0.39 is 18.0 Å². The summed E-state index contributed by atoms with van der Waals surface area (Å²) in [5, 5.41) is 11.2. The first-order valence-electron chi connectivity index (χ1n) is 8.35. The molecule has 1 aliphatic rings. The summed E-state index contributed by atoms with van der Waals surface area (Å²) in [6.07, 6.45) is -1.45. The van der Waals surface area contributed by atoms with E-state index in [1.54, 1.807) is 12.1 Å². The number of carbonyl (C=O) groups excluding carboxylic acids is 1. The quantitative estimate of drug-likeness (QED) is 0.787. The summed E-state index contributed by atoms with van der Waals surface area (Å²) in [5.74, 6) is -0.351. The number of likely N-dealkylation sites (tertiary alicyclic amines) is 1. The fourth-order valence-electron chi connectivity index (χ4n) is 3.10. The zero-order chi connectivity index (χ0) is 18.1. The molecule has 26 heavy (non-hydrogen) atoms. The van der Waals surface area contributed by atoms with Crippen LogP contribution in [0.1, 0.15) is 10.5 Å². The van der Waals surface area contributed by atoms with Gasteiger partial charge in [0.1, 0.15) is 29.5 Å². The van der Waals surface area contributed by atoms with Crippen molar-refractivity contribution in [3.05, 3.63) is 72.2 Å². The number of hydrogen-bond donors (Lipinski definition) is 1. The van der Waals surface area contributed by atoms with Gasteiger partial charge in [0, 0.05) is 11.5 Å². The molecule has 4 rings (SSSR count). The van der Waals surface area contributed by atoms with Gasteiger partial charge in [-0.1, -0.05) is 30.3 Å². The molecule has 0 radical (unpaired) electrons. The lowest BCUT2D eigenvalue weighted by Crippen LogP contribution is -2.31. The van der Waals surface area contributed by atoms with Gasteiger partial charge in [0.25, 0.3) is 5.91 Å². The van der Waals surface area contributed by atoms with Crippen molar-refractivity contribution in [3.8, 4) is 5.75 Å². The Morgan fingerprint density at radius 1 is 1.12 bits per heavy atom. The summed E-state index contributed by atoms with van der Waals surface area (Å²) >= 11 is 0. The second-order valence-electron chi connectivity index (χ2n) is 6.28. The third-order valence-corrected chi connectivity index (χ3v) is 4.43. The molecule has 0 saturated carbocycles. The molecule has 132 valence electrons. The van der Waals surface area contributed by atoms with E-state index in [1.807, 2.05) is 30.3 Å². The van der Waals surface area contributed by atoms with Crippen LogP contribution < -0.4 is 4.74 Å². The number of amides is 1. The molecule has 2 aromatic carbocycles. The minimum absolute atomic E-state index is 0.146. The van der Waals surface area contributed by atoms with Crippen LogP contribution >= 0.6 is 0 Å². The summed E-state index contributed by atoms with van der Waals surface area (Å²) < 4.78 is 18.9. The highest BCUT2D eigenvalue weighted by Crippen LogP contribution is 2.21. The van der Waals surface area contributed by atoms with Crippen LogP contribution in [0.25, 0.3) is 10.9 Å². The SMILES string of the molecule is O=C(c1ccc2ccccc2n1)N1C[C@@H](O)[C@H](Oc2cccc(F)c2)C1. The first-order chi connectivity index (χ1) is 12.6. The average molecular weight is 352 g/mol. The molecule has 1 N–H and O–H groups in total. The molecular weight excluding hydrogens is 335 g/mol. The molecule has 0 spiro atoms. The van der Waals surface area contributed by atoms with Crippen molar-refractivity contribution in [3.63, 3.8) is 0 Å². The molecule has 6 heteroatoms. The zero-order valence-electron chi connectivity index (χ0n) is 13.9. The Morgan fingerprint density at radius 2 is 1.96 bits per heavy atom. The molecule has 1 fully saturated rings. The maximum Gasteiger partial charge on any atom is 0.272 e. The van der Waals surface area contributed by atoms with E-state index in [2.05, 4.69) is 4.98 Å². The lowest BCUT2D eigenvalue weighted by atomic mass is 10.2. The van der Waals surface area contributed by atoms with Crippen LogP contribution in [0.2, 0.25) is 0 Å². The lowest BCUT2D eigenvalue weighted by molar-refractivity contribution is 0.0727. The number of para-hydroxylation sites is 1. The van der Waals surface area contributed by atoms with E-state index in [9.17, 15) is 14.3 Å². The van der Waals surface area contributed by atoms with Crippen molar-refractivity contribution >= 4 is 16.8 Å². The van der Waals surface area contributed by atoms with Gasteiger partial charge >= 0.3 is 0 Å². The maximum absolute atomic E-state index is 13.3. The van der Waals surface area contributed by atoms with E-state index in [1.165, 1.54) is 23.1 Å². The third-order valence-electron chi connectivity index (χ3n) is 4.43. The van der Waals surface area contributed by atoms with Crippen molar-refractivity contribution in [2.45, 2.75) is 12.2 Å². The van der Waals surface area contributed by atoms with Crippen molar-refractivity contribution < 1.29 is 19.0 Å². The lowest BCUT2D eigenvalue weighted by Gasteiger charge is -2.17. The van der Waals surface area contributed by atoms with Crippen LogP contribution in [0.5, 0.6) is 5.75 Å². The molecule has 1 amide bonds. The normalized spacial score (nSPS) is 19.7. The van der Waals surface area contributed by atoms with Gasteiger partial charge in [-0.15, -0.1) is 0 Å². The minimum atomic E-state index is -0.845. The molecule has 1 aliphatic heterocycles. The van der Waals surface area contributed by atoms with Crippen molar-refractivity contribution in [2.24, 2.45) is 0 Å². The first-order valence-corrected chi connectivity index (χ1v) is 8.35. The molecule has 0 aliphatic carbocycles. The minimum Gasteiger partial charge on any atom is -0.486 e. The number of β-amino-alcohol motifs (C(OH)–C–C–N with tert-alkyl or cyclic N) is 1. The first kappa shape index (κ1) is 16.5. The number of halogens is 1. The average Bonchev–Trinajstić information content (AvgIpc) is 3.01. The molecule has 0 unspecified atom stereocenters. The van der Waals surface area contributed by atoms with Crippen LogP contribution in [-0.4, -0.2) is 46.2 Å². The van der Waals surface area contributed by atoms with Crippen LogP contribution in [0.15, 0.2) is 60.7 Å². The van der Waals surface area contributed by atoms with Gasteiger partial charge in [0.15, 0.2) is 0 Å². The van der Waals surface area contributed by atoms with Crippen molar-refractivity contribution in [2.75, 3.05) is 13.1 Å². The fourth-order valence-corrected chi connectivity index (χ4v) is 3.10. The van der Waals surface area contributed by atoms with Crippen LogP contribution in [0.4, 0.5) is 4.39 Å². The molecule has 3 aromatic rings. The summed E-state index contributed by atoms with van der Waals surface area (Å²) in [5.41, 5.74) is 1.06. The Bertz CT molecular complexity index is 962. The van der Waals surface area contributed by atoms with E-state index in [0.717, 1.165) is 10.9 Å². The molecule has 0 bridgehead atoms. The second-order valence-corrected chi connectivity index (χ2v) is 6.28. The number of nitrogens with zero attached hydrogens (tertiary/aromatic N) is 2. The number of aromatic nitrogens is 1. The van der Waals surface area contributed by atoms with Gasteiger partial charge in [0.2, 0.25) is 0 Å². The smallest absolute Gasteiger partial charge is 0.272 e. The number of aliphatic hydroxyl groups excluding tert-OH is 1. The van der Waals surface area contributed by atoms with Crippen molar-refractivity contribution in [1.29, 1.82) is 0 Å². The molecule has 2 atom stereocenters. The van der Waals surface area contributed by atoms with Crippen LogP contribution in [0, 0.1) is 5.82 Å². The Kier molecular flexibility index (Phi) is 4.26. The highest BCUT2D eigenvalue weighted by Gasteiger charge is 2.36. The second kappa shape index (κ2) is 6.72. The highest BCUT2D eigenvalue weighted by atomic mass is 19.1. The van der Waals surface area contributed by atoms with Gasteiger partial charge in [0.05, 0.1) is 18.6 Å². The Labute approximate surface area is 149 Å². The summed E-state index contributed by atoms with van der Waals surface area (Å²) in [6, 6.07) is 16.8. The summed E-state index contributed by atoms with van der Waals surface area (Å²) in [6.45, 7) is 0.359. The molecule has 1 aromatic heterocycles. The summed E-state index contributed by atoms with van der Waals surface area (Å²) in [4.78, 5) is 18.6. The molecular formula is C20H17FN2O3. The molecule has 1 saturated heterocycles. The van der Waals surface area contributed by atoms with Gasteiger partial charge in [-0.2, -0.15) is 0 Å². The van der Waals surface area contributed by atoms with E-state index >= 15 is 0 Å². The monoisotopic (exact) mass is 352 g/mol.